The largest absolute Gasteiger partial charge is 0.309 e. The molecule has 1 N–H and O–H groups in total. The lowest BCUT2D eigenvalue weighted by Crippen LogP contribution is -2.13. The zero-order valence-electron chi connectivity index (χ0n) is 11.0. The number of rotatable bonds is 5. The minimum atomic E-state index is -0.815. The molecule has 0 unspecified atom stereocenters. The molecule has 1 nitrogen and oxygen atoms in total. The SMILES string of the molecule is Fc1ccc(CNC/C=C/C2=CC=C(Cl)CC2)cc1F. The van der Waals surface area contributed by atoms with Gasteiger partial charge in [0, 0.05) is 18.1 Å². The van der Waals surface area contributed by atoms with Crippen molar-refractivity contribution >= 4 is 11.6 Å². The highest BCUT2D eigenvalue weighted by atomic mass is 35.5. The van der Waals surface area contributed by atoms with Crippen molar-refractivity contribution in [1.29, 1.82) is 0 Å². The standard InChI is InChI=1S/C16H16ClF2N/c17-14-6-3-12(4-7-14)2-1-9-20-11-13-5-8-15(18)16(19)10-13/h1-3,5-6,8,10,20H,4,7,9,11H2/b2-1+. The van der Waals surface area contributed by atoms with Crippen LogP contribution in [-0.4, -0.2) is 6.54 Å². The normalized spacial score (nSPS) is 15.3. The lowest BCUT2D eigenvalue weighted by atomic mass is 10.0. The average molecular weight is 296 g/mol. The fourth-order valence-corrected chi connectivity index (χ4v) is 2.08. The molecule has 20 heavy (non-hydrogen) atoms. The third kappa shape index (κ3) is 4.58. The minimum absolute atomic E-state index is 0.506. The molecule has 0 aromatic heterocycles. The molecule has 0 spiro atoms. The quantitative estimate of drug-likeness (QED) is 0.791. The van der Waals surface area contributed by atoms with Crippen molar-refractivity contribution in [3.05, 3.63) is 70.3 Å². The van der Waals surface area contributed by atoms with E-state index in [0.717, 1.165) is 29.5 Å². The molecule has 0 atom stereocenters. The summed E-state index contributed by atoms with van der Waals surface area (Å²) in [6, 6.07) is 3.93. The van der Waals surface area contributed by atoms with Crippen LogP contribution in [0, 0.1) is 11.6 Å². The maximum Gasteiger partial charge on any atom is 0.159 e. The first kappa shape index (κ1) is 14.9. The van der Waals surface area contributed by atoms with Crippen LogP contribution in [0.5, 0.6) is 0 Å². The Kier molecular flexibility index (Phi) is 5.50. The monoisotopic (exact) mass is 295 g/mol. The van der Waals surface area contributed by atoms with E-state index in [1.165, 1.54) is 11.6 Å². The Hall–Kier alpha value is -1.45. The Labute approximate surface area is 122 Å². The van der Waals surface area contributed by atoms with E-state index in [2.05, 4.69) is 11.4 Å². The topological polar surface area (TPSA) is 12.0 Å². The van der Waals surface area contributed by atoms with Crippen LogP contribution in [0.15, 0.2) is 53.1 Å². The summed E-state index contributed by atoms with van der Waals surface area (Å²) in [7, 11) is 0. The minimum Gasteiger partial charge on any atom is -0.309 e. The van der Waals surface area contributed by atoms with Gasteiger partial charge in [0.25, 0.3) is 0 Å². The molecular weight excluding hydrogens is 280 g/mol. The van der Waals surface area contributed by atoms with Gasteiger partial charge in [-0.15, -0.1) is 0 Å². The maximum absolute atomic E-state index is 13.0. The van der Waals surface area contributed by atoms with Crippen molar-refractivity contribution in [1.82, 2.24) is 5.32 Å². The van der Waals surface area contributed by atoms with Gasteiger partial charge in [0.2, 0.25) is 0 Å². The predicted octanol–water partition coefficient (Wildman–Crippen LogP) is 4.45. The Morgan fingerprint density at radius 1 is 1.15 bits per heavy atom. The lowest BCUT2D eigenvalue weighted by Gasteiger charge is -2.07. The van der Waals surface area contributed by atoms with Gasteiger partial charge in [-0.25, -0.2) is 8.78 Å². The van der Waals surface area contributed by atoms with E-state index in [0.29, 0.717) is 13.1 Å². The predicted molar refractivity (Wildman–Crippen MR) is 78.5 cm³/mol. The van der Waals surface area contributed by atoms with Crippen LogP contribution in [0.3, 0.4) is 0 Å². The van der Waals surface area contributed by atoms with Crippen molar-refractivity contribution in [2.24, 2.45) is 0 Å². The van der Waals surface area contributed by atoms with Crippen molar-refractivity contribution in [2.45, 2.75) is 19.4 Å². The molecule has 0 aliphatic heterocycles. The van der Waals surface area contributed by atoms with Crippen LogP contribution < -0.4 is 5.32 Å². The fraction of sp³-hybridized carbons (Fsp3) is 0.250. The molecule has 0 fully saturated rings. The second kappa shape index (κ2) is 7.36. The number of allylic oxidation sites excluding steroid dienone is 5. The summed E-state index contributed by atoms with van der Waals surface area (Å²) in [5.74, 6) is -1.62. The fourth-order valence-electron chi connectivity index (χ4n) is 1.93. The van der Waals surface area contributed by atoms with Gasteiger partial charge >= 0.3 is 0 Å². The van der Waals surface area contributed by atoms with Crippen LogP contribution in [0.1, 0.15) is 18.4 Å². The van der Waals surface area contributed by atoms with Crippen molar-refractivity contribution < 1.29 is 8.78 Å². The molecular formula is C16H16ClF2N. The van der Waals surface area contributed by atoms with Crippen LogP contribution in [-0.2, 0) is 6.54 Å². The summed E-state index contributed by atoms with van der Waals surface area (Å²) in [5.41, 5.74) is 1.97. The molecule has 1 aromatic rings. The van der Waals surface area contributed by atoms with Gasteiger partial charge < -0.3 is 5.32 Å². The van der Waals surface area contributed by atoms with E-state index < -0.39 is 11.6 Å². The molecule has 0 saturated heterocycles. The zero-order chi connectivity index (χ0) is 14.4. The van der Waals surface area contributed by atoms with E-state index in [-0.39, 0.29) is 0 Å². The van der Waals surface area contributed by atoms with E-state index in [9.17, 15) is 8.78 Å². The maximum atomic E-state index is 13.0. The molecule has 0 amide bonds. The molecule has 0 saturated carbocycles. The van der Waals surface area contributed by atoms with E-state index >= 15 is 0 Å². The Morgan fingerprint density at radius 3 is 2.70 bits per heavy atom. The second-order valence-electron chi connectivity index (χ2n) is 4.64. The summed E-state index contributed by atoms with van der Waals surface area (Å²) >= 11 is 5.88. The Balaban J connectivity index is 1.75. The highest BCUT2D eigenvalue weighted by molar-refractivity contribution is 6.29. The molecule has 0 bridgehead atoms. The number of halogens is 3. The second-order valence-corrected chi connectivity index (χ2v) is 5.12. The summed E-state index contributed by atoms with van der Waals surface area (Å²) in [6.45, 7) is 1.18. The summed E-state index contributed by atoms with van der Waals surface area (Å²) in [4.78, 5) is 0. The molecule has 4 heteroatoms. The molecule has 106 valence electrons. The van der Waals surface area contributed by atoms with Crippen LogP contribution in [0.25, 0.3) is 0 Å². The van der Waals surface area contributed by atoms with Gasteiger partial charge in [-0.1, -0.05) is 35.9 Å². The summed E-state index contributed by atoms with van der Waals surface area (Å²) < 4.78 is 25.7. The van der Waals surface area contributed by atoms with Crippen LogP contribution in [0.2, 0.25) is 0 Å². The Morgan fingerprint density at radius 2 is 2.00 bits per heavy atom. The first-order valence-corrected chi connectivity index (χ1v) is 6.89. The van der Waals surface area contributed by atoms with Crippen molar-refractivity contribution in [3.8, 4) is 0 Å². The zero-order valence-corrected chi connectivity index (χ0v) is 11.8. The Bertz CT molecular complexity index is 562. The number of nitrogens with one attached hydrogen (secondary N) is 1. The molecule has 2 rings (SSSR count). The third-order valence-electron chi connectivity index (χ3n) is 3.04. The van der Waals surface area contributed by atoms with Gasteiger partial charge in [0.1, 0.15) is 0 Å². The van der Waals surface area contributed by atoms with Gasteiger partial charge in [-0.2, -0.15) is 0 Å². The van der Waals surface area contributed by atoms with E-state index in [1.807, 2.05) is 18.2 Å². The first-order chi connectivity index (χ1) is 9.65. The molecule has 1 aromatic carbocycles. The molecule has 1 aliphatic rings. The number of benzene rings is 1. The highest BCUT2D eigenvalue weighted by Crippen LogP contribution is 2.21. The molecule has 0 radical (unpaired) electrons. The number of hydrogen-bond donors (Lipinski definition) is 1. The smallest absolute Gasteiger partial charge is 0.159 e. The van der Waals surface area contributed by atoms with Crippen molar-refractivity contribution in [3.63, 3.8) is 0 Å². The average Bonchev–Trinajstić information content (AvgIpc) is 2.44. The van der Waals surface area contributed by atoms with Crippen molar-refractivity contribution in [2.75, 3.05) is 6.54 Å². The summed E-state index contributed by atoms with van der Waals surface area (Å²) in [6.07, 6.45) is 9.84. The van der Waals surface area contributed by atoms with Gasteiger partial charge in [0.05, 0.1) is 0 Å². The van der Waals surface area contributed by atoms with Crippen LogP contribution >= 0.6 is 11.6 Å². The molecule has 0 heterocycles. The highest BCUT2D eigenvalue weighted by Gasteiger charge is 2.02. The summed E-state index contributed by atoms with van der Waals surface area (Å²) in [5, 5.41) is 4.04. The number of hydrogen-bond acceptors (Lipinski definition) is 1. The first-order valence-electron chi connectivity index (χ1n) is 6.51. The van der Waals surface area contributed by atoms with E-state index in [1.54, 1.807) is 6.07 Å². The van der Waals surface area contributed by atoms with Gasteiger partial charge in [-0.05, 0) is 42.2 Å². The van der Waals surface area contributed by atoms with Gasteiger partial charge in [0.15, 0.2) is 11.6 Å². The van der Waals surface area contributed by atoms with E-state index in [4.69, 9.17) is 11.6 Å². The van der Waals surface area contributed by atoms with Crippen LogP contribution in [0.4, 0.5) is 8.78 Å². The van der Waals surface area contributed by atoms with Gasteiger partial charge in [-0.3, -0.25) is 0 Å². The third-order valence-corrected chi connectivity index (χ3v) is 3.35. The molecule has 1 aliphatic carbocycles. The lowest BCUT2D eigenvalue weighted by molar-refractivity contribution is 0.506.